The van der Waals surface area contributed by atoms with Crippen molar-refractivity contribution in [3.05, 3.63) is 24.5 Å². The third kappa shape index (κ3) is 5.05. The van der Waals surface area contributed by atoms with E-state index >= 15 is 0 Å². The van der Waals surface area contributed by atoms with E-state index in [1.807, 2.05) is 6.92 Å². The van der Waals surface area contributed by atoms with Crippen molar-refractivity contribution in [1.82, 2.24) is 0 Å². The van der Waals surface area contributed by atoms with Crippen molar-refractivity contribution < 1.29 is 33.1 Å². The van der Waals surface area contributed by atoms with Crippen LogP contribution in [0.1, 0.15) is 6.92 Å². The summed E-state index contributed by atoms with van der Waals surface area (Å²) in [6.07, 6.45) is 3.09. The minimum Gasteiger partial charge on any atom is -0.488 e. The summed E-state index contributed by atoms with van der Waals surface area (Å²) in [5.74, 6) is 0.526. The van der Waals surface area contributed by atoms with Crippen LogP contribution in [0, 0.1) is 0 Å². The van der Waals surface area contributed by atoms with Gasteiger partial charge in [-0.2, -0.15) is 0 Å². The molecular weight excluding hydrogens is 292 g/mol. The molecule has 3 N–H and O–H groups in total. The number of nitrogens with zero attached hydrogens (tertiary/aromatic N) is 1. The second kappa shape index (κ2) is 6.16. The molecule has 2 unspecified atom stereocenters. The Kier molecular flexibility index (Phi) is 5.30. The fraction of sp³-hybridized carbons (Fsp3) is 0.500. The summed E-state index contributed by atoms with van der Waals surface area (Å²) >= 11 is 0. The van der Waals surface area contributed by atoms with Gasteiger partial charge in [-0.25, -0.2) is 4.57 Å². The number of hydrogen-bond donors (Lipinski definition) is 3. The lowest BCUT2D eigenvalue weighted by atomic mass is 10.4. The van der Waals surface area contributed by atoms with Crippen molar-refractivity contribution in [2.75, 3.05) is 13.3 Å². The molecule has 9 heteroatoms. The Morgan fingerprint density at radius 1 is 1.37 bits per heavy atom. The second-order valence-corrected chi connectivity index (χ2v) is 8.90. The van der Waals surface area contributed by atoms with E-state index in [0.717, 1.165) is 6.66 Å². The molecule has 0 radical (unpaired) electrons. The Labute approximate surface area is 111 Å². The van der Waals surface area contributed by atoms with Crippen LogP contribution < -0.4 is 9.30 Å². The largest absolute Gasteiger partial charge is 0.488 e. The highest BCUT2D eigenvalue weighted by Gasteiger charge is 2.43. The molecule has 1 aromatic heterocycles. The van der Waals surface area contributed by atoms with Gasteiger partial charge in [0, 0.05) is 12.7 Å². The van der Waals surface area contributed by atoms with Crippen LogP contribution in [0.3, 0.4) is 0 Å². The second-order valence-electron chi connectivity index (χ2n) is 4.18. The lowest BCUT2D eigenvalue weighted by Gasteiger charge is -2.18. The van der Waals surface area contributed by atoms with E-state index < -0.39 is 20.4 Å². The van der Waals surface area contributed by atoms with Crippen LogP contribution >= 0.6 is 15.0 Å². The Morgan fingerprint density at radius 3 is 2.47 bits per heavy atom. The molecule has 0 saturated heterocycles. The van der Waals surface area contributed by atoms with Gasteiger partial charge in [0.25, 0.3) is 0 Å². The quantitative estimate of drug-likeness (QED) is 0.529. The van der Waals surface area contributed by atoms with Crippen molar-refractivity contribution in [1.29, 1.82) is 0 Å². The van der Waals surface area contributed by atoms with Gasteiger partial charge in [0.2, 0.25) is 13.6 Å². The molecule has 19 heavy (non-hydrogen) atoms. The smallest absolute Gasteiger partial charge is 0.344 e. The van der Waals surface area contributed by atoms with E-state index in [-0.39, 0.29) is 6.54 Å². The van der Waals surface area contributed by atoms with Gasteiger partial charge < -0.3 is 19.4 Å². The summed E-state index contributed by atoms with van der Waals surface area (Å²) in [7, 11) is -8.59. The zero-order valence-corrected chi connectivity index (χ0v) is 12.5. The van der Waals surface area contributed by atoms with Crippen molar-refractivity contribution >= 4 is 15.0 Å². The monoisotopic (exact) mass is 310 g/mol. The van der Waals surface area contributed by atoms with E-state index in [2.05, 4.69) is 0 Å². The Hall–Kier alpha value is -0.710. The van der Waals surface area contributed by atoms with Gasteiger partial charge in [0.15, 0.2) is 23.9 Å². The highest BCUT2D eigenvalue weighted by atomic mass is 31.2. The molecule has 0 amide bonds. The third-order valence-corrected chi connectivity index (χ3v) is 6.85. The minimum atomic E-state index is -4.67. The van der Waals surface area contributed by atoms with Crippen LogP contribution in [0.15, 0.2) is 24.5 Å². The molecule has 0 saturated carbocycles. The highest BCUT2D eigenvalue weighted by Crippen LogP contribution is 2.60. The maximum Gasteiger partial charge on any atom is 0.344 e. The number of ether oxygens (including phenoxy) is 1. The molecule has 0 aliphatic carbocycles. The van der Waals surface area contributed by atoms with E-state index in [9.17, 15) is 23.8 Å². The van der Waals surface area contributed by atoms with E-state index in [4.69, 9.17) is 4.74 Å². The first-order valence-corrected chi connectivity index (χ1v) is 9.47. The molecule has 2 atom stereocenters. The molecule has 108 valence electrons. The van der Waals surface area contributed by atoms with E-state index in [0.29, 0.717) is 12.4 Å². The lowest BCUT2D eigenvalue weighted by molar-refractivity contribution is -0.694. The van der Waals surface area contributed by atoms with Gasteiger partial charge in [-0.3, -0.25) is 9.13 Å². The average molecular weight is 310 g/mol. The zero-order valence-electron chi connectivity index (χ0n) is 10.7. The molecule has 0 aliphatic rings. The Balaban J connectivity index is 3.01. The van der Waals surface area contributed by atoms with Gasteiger partial charge in [-0.15, -0.1) is 0 Å². The lowest BCUT2D eigenvalue weighted by Crippen LogP contribution is -2.39. The van der Waals surface area contributed by atoms with Crippen molar-refractivity contribution in [3.8, 4) is 5.75 Å². The van der Waals surface area contributed by atoms with Crippen LogP contribution in [0.25, 0.3) is 0 Å². The van der Waals surface area contributed by atoms with Crippen LogP contribution in [-0.4, -0.2) is 33.4 Å². The molecular formula is C10H18NO6P2+. The molecule has 0 aromatic carbocycles. The summed E-state index contributed by atoms with van der Waals surface area (Å²) in [4.78, 5) is 27.8. The van der Waals surface area contributed by atoms with Gasteiger partial charge in [-0.1, -0.05) is 0 Å². The maximum atomic E-state index is 11.6. The first-order chi connectivity index (χ1) is 8.64. The van der Waals surface area contributed by atoms with Crippen molar-refractivity contribution in [2.45, 2.75) is 18.9 Å². The Morgan fingerprint density at radius 2 is 2.00 bits per heavy atom. The van der Waals surface area contributed by atoms with Crippen LogP contribution in [0.5, 0.6) is 5.75 Å². The standard InChI is InChI=1S/C10H17NO6P2/c1-3-17-9-5-4-6-11(7-9)8-10(18(2,12)13)19(14,15)16/h4-7,10H,3,8H2,1-2H3,(H2-,12,13,14,15,16)/p+1. The van der Waals surface area contributed by atoms with Gasteiger partial charge >= 0.3 is 7.60 Å². The molecule has 1 heterocycles. The molecule has 1 rings (SSSR count). The maximum absolute atomic E-state index is 11.6. The number of pyridine rings is 1. The number of aromatic nitrogens is 1. The van der Waals surface area contributed by atoms with Crippen LogP contribution in [0.4, 0.5) is 0 Å². The summed E-state index contributed by atoms with van der Waals surface area (Å²) in [5, 5.41) is -1.62. The predicted molar refractivity (Wildman–Crippen MR) is 69.4 cm³/mol. The Bertz CT molecular complexity index is 501. The van der Waals surface area contributed by atoms with Crippen LogP contribution in [-0.2, 0) is 15.7 Å². The van der Waals surface area contributed by atoms with E-state index in [1.54, 1.807) is 18.3 Å². The fourth-order valence-electron chi connectivity index (χ4n) is 1.59. The summed E-state index contributed by atoms with van der Waals surface area (Å²) in [6, 6.07) is 3.33. The molecule has 0 spiro atoms. The molecule has 0 fully saturated rings. The van der Waals surface area contributed by atoms with Gasteiger partial charge in [0.1, 0.15) is 0 Å². The zero-order chi connectivity index (χ0) is 14.7. The highest BCUT2D eigenvalue weighted by molar-refractivity contribution is 7.73. The average Bonchev–Trinajstić information content (AvgIpc) is 2.24. The first kappa shape index (κ1) is 16.3. The number of hydrogen-bond acceptors (Lipinski definition) is 3. The van der Waals surface area contributed by atoms with Gasteiger partial charge in [-0.05, 0) is 13.0 Å². The van der Waals surface area contributed by atoms with E-state index in [1.165, 1.54) is 10.8 Å². The summed E-state index contributed by atoms with van der Waals surface area (Å²) in [6.45, 7) is 2.96. The first-order valence-electron chi connectivity index (χ1n) is 5.61. The normalized spacial score (nSPS) is 16.7. The fourth-order valence-corrected chi connectivity index (χ4v) is 4.71. The molecule has 0 bridgehead atoms. The molecule has 0 aliphatic heterocycles. The third-order valence-electron chi connectivity index (χ3n) is 2.46. The van der Waals surface area contributed by atoms with Gasteiger partial charge in [0.05, 0.1) is 6.61 Å². The van der Waals surface area contributed by atoms with Crippen LogP contribution in [0.2, 0.25) is 0 Å². The van der Waals surface area contributed by atoms with Crippen molar-refractivity contribution in [3.63, 3.8) is 0 Å². The summed E-state index contributed by atoms with van der Waals surface area (Å²) in [5.41, 5.74) is 0. The predicted octanol–water partition coefficient (Wildman–Crippen LogP) is 0.777. The topological polar surface area (TPSA) is 108 Å². The SMILES string of the molecule is CCOc1ccc[n+](CC(P(C)(=O)O)P(=O)(O)O)c1. The molecule has 7 nitrogen and oxygen atoms in total. The summed E-state index contributed by atoms with van der Waals surface area (Å²) < 4.78 is 29.6. The minimum absolute atomic E-state index is 0.254. The van der Waals surface area contributed by atoms with Crippen molar-refractivity contribution in [2.24, 2.45) is 0 Å². The molecule has 1 aromatic rings. The number of rotatable bonds is 6.